The molecule has 6 heteroatoms. The minimum Gasteiger partial charge on any atom is -0.376 e. The number of hydrogen-bond donors (Lipinski definition) is 1. The fraction of sp³-hybridized carbons (Fsp3) is 0.316. The summed E-state index contributed by atoms with van der Waals surface area (Å²) < 4.78 is 21.8. The molecule has 130 valence electrons. The summed E-state index contributed by atoms with van der Waals surface area (Å²) in [5, 5.41) is 5.00. The predicted molar refractivity (Wildman–Crippen MR) is 96.6 cm³/mol. The van der Waals surface area contributed by atoms with E-state index >= 15 is 0 Å². The molecule has 0 radical (unpaired) electrons. The standard InChI is InChI=1S/C19H19FN2O2S/c20-14-5-3-13(4-6-14)12-22-16-7-9-25-18(16)10-17(22)19(23)21-11-15-2-1-8-24-15/h3-7,9-10,15H,1-2,8,11-12H2,(H,21,23)/t15-/m1/s1. The Morgan fingerprint density at radius 2 is 2.16 bits per heavy atom. The molecule has 0 unspecified atom stereocenters. The average molecular weight is 358 g/mol. The highest BCUT2D eigenvalue weighted by atomic mass is 32.1. The summed E-state index contributed by atoms with van der Waals surface area (Å²) in [6, 6.07) is 10.3. The molecule has 4 rings (SSSR count). The minimum atomic E-state index is -0.258. The van der Waals surface area contributed by atoms with Crippen molar-refractivity contribution in [1.82, 2.24) is 9.88 Å². The van der Waals surface area contributed by atoms with Gasteiger partial charge in [-0.05, 0) is 48.1 Å². The molecule has 1 aliphatic heterocycles. The largest absolute Gasteiger partial charge is 0.376 e. The summed E-state index contributed by atoms with van der Waals surface area (Å²) in [5.74, 6) is -0.354. The lowest BCUT2D eigenvalue weighted by Crippen LogP contribution is -2.33. The molecule has 4 nitrogen and oxygen atoms in total. The van der Waals surface area contributed by atoms with Crippen molar-refractivity contribution in [2.24, 2.45) is 0 Å². The Kier molecular flexibility index (Phi) is 4.55. The van der Waals surface area contributed by atoms with Crippen molar-refractivity contribution < 1.29 is 13.9 Å². The van der Waals surface area contributed by atoms with Gasteiger partial charge in [-0.25, -0.2) is 4.39 Å². The first kappa shape index (κ1) is 16.3. The van der Waals surface area contributed by atoms with Crippen LogP contribution in [0.3, 0.4) is 0 Å². The maximum Gasteiger partial charge on any atom is 0.268 e. The lowest BCUT2D eigenvalue weighted by molar-refractivity contribution is 0.0851. The number of thiophene rings is 1. The van der Waals surface area contributed by atoms with Crippen molar-refractivity contribution in [2.75, 3.05) is 13.2 Å². The van der Waals surface area contributed by atoms with Crippen molar-refractivity contribution in [1.29, 1.82) is 0 Å². The van der Waals surface area contributed by atoms with Gasteiger partial charge in [-0.2, -0.15) is 0 Å². The van der Waals surface area contributed by atoms with Crippen LogP contribution in [0.1, 0.15) is 28.9 Å². The van der Waals surface area contributed by atoms with Gasteiger partial charge in [0, 0.05) is 19.7 Å². The van der Waals surface area contributed by atoms with E-state index < -0.39 is 0 Å². The van der Waals surface area contributed by atoms with Crippen LogP contribution in [0, 0.1) is 5.82 Å². The van der Waals surface area contributed by atoms with Gasteiger partial charge in [0.2, 0.25) is 0 Å². The Hall–Kier alpha value is -2.18. The summed E-state index contributed by atoms with van der Waals surface area (Å²) in [5.41, 5.74) is 2.61. The first-order valence-corrected chi connectivity index (χ1v) is 9.29. The number of halogens is 1. The number of carbonyl (C=O) groups is 1. The number of fused-ring (bicyclic) bond motifs is 1. The maximum absolute atomic E-state index is 13.1. The van der Waals surface area contributed by atoms with Crippen molar-refractivity contribution in [3.63, 3.8) is 0 Å². The third-order valence-electron chi connectivity index (χ3n) is 4.52. The van der Waals surface area contributed by atoms with Gasteiger partial charge in [0.25, 0.3) is 5.91 Å². The van der Waals surface area contributed by atoms with Gasteiger partial charge in [-0.15, -0.1) is 11.3 Å². The summed E-state index contributed by atoms with van der Waals surface area (Å²) in [6.45, 7) is 1.84. The molecule has 3 heterocycles. The summed E-state index contributed by atoms with van der Waals surface area (Å²) >= 11 is 1.61. The van der Waals surface area contributed by atoms with Gasteiger partial charge < -0.3 is 14.6 Å². The highest BCUT2D eigenvalue weighted by molar-refractivity contribution is 7.17. The zero-order valence-electron chi connectivity index (χ0n) is 13.7. The molecule has 2 aromatic heterocycles. The number of nitrogens with one attached hydrogen (secondary N) is 1. The number of amides is 1. The van der Waals surface area contributed by atoms with E-state index in [4.69, 9.17) is 4.74 Å². The Morgan fingerprint density at radius 1 is 1.32 bits per heavy atom. The van der Waals surface area contributed by atoms with E-state index in [9.17, 15) is 9.18 Å². The number of carbonyl (C=O) groups excluding carboxylic acids is 1. The van der Waals surface area contributed by atoms with Crippen LogP contribution in [-0.2, 0) is 11.3 Å². The van der Waals surface area contributed by atoms with Crippen LogP contribution >= 0.6 is 11.3 Å². The van der Waals surface area contributed by atoms with E-state index in [1.54, 1.807) is 23.5 Å². The Bertz CT molecular complexity index is 879. The molecule has 0 spiro atoms. The monoisotopic (exact) mass is 358 g/mol. The van der Waals surface area contributed by atoms with E-state index in [0.29, 0.717) is 18.8 Å². The molecule has 25 heavy (non-hydrogen) atoms. The molecule has 1 N–H and O–H groups in total. The topological polar surface area (TPSA) is 43.3 Å². The number of aromatic nitrogens is 1. The lowest BCUT2D eigenvalue weighted by Gasteiger charge is -2.13. The van der Waals surface area contributed by atoms with Gasteiger partial charge >= 0.3 is 0 Å². The summed E-state index contributed by atoms with van der Waals surface area (Å²) in [7, 11) is 0. The SMILES string of the molecule is O=C(NC[C@H]1CCCO1)c1cc2sccc2n1Cc1ccc(F)cc1. The van der Waals surface area contributed by atoms with Crippen LogP contribution in [-0.4, -0.2) is 29.7 Å². The molecular formula is C19H19FN2O2S. The van der Waals surface area contributed by atoms with Crippen LogP contribution < -0.4 is 5.32 Å². The number of hydrogen-bond acceptors (Lipinski definition) is 3. The molecule has 3 aromatic rings. The second-order valence-corrected chi connectivity index (χ2v) is 7.21. The molecule has 0 saturated carbocycles. The molecule has 1 atom stereocenters. The highest BCUT2D eigenvalue weighted by Crippen LogP contribution is 2.26. The van der Waals surface area contributed by atoms with Crippen molar-refractivity contribution in [3.8, 4) is 0 Å². The smallest absolute Gasteiger partial charge is 0.268 e. The maximum atomic E-state index is 13.1. The zero-order valence-corrected chi connectivity index (χ0v) is 14.5. The van der Waals surface area contributed by atoms with Crippen molar-refractivity contribution >= 4 is 27.5 Å². The quantitative estimate of drug-likeness (QED) is 0.754. The predicted octanol–water partition coefficient (Wildman–Crippen LogP) is 3.80. The first-order chi connectivity index (χ1) is 12.2. The van der Waals surface area contributed by atoms with Crippen molar-refractivity contribution in [3.05, 3.63) is 58.9 Å². The van der Waals surface area contributed by atoms with Crippen LogP contribution in [0.2, 0.25) is 0 Å². The van der Waals surface area contributed by atoms with Gasteiger partial charge in [-0.1, -0.05) is 12.1 Å². The molecule has 1 aliphatic rings. The lowest BCUT2D eigenvalue weighted by atomic mass is 10.2. The van der Waals surface area contributed by atoms with Crippen LogP contribution in [0.25, 0.3) is 10.2 Å². The van der Waals surface area contributed by atoms with Crippen molar-refractivity contribution in [2.45, 2.75) is 25.5 Å². The molecule has 1 fully saturated rings. The van der Waals surface area contributed by atoms with Gasteiger partial charge in [-0.3, -0.25) is 4.79 Å². The summed E-state index contributed by atoms with van der Waals surface area (Å²) in [4.78, 5) is 12.7. The fourth-order valence-corrected chi connectivity index (χ4v) is 4.03. The van der Waals surface area contributed by atoms with Gasteiger partial charge in [0.15, 0.2) is 0 Å². The Balaban J connectivity index is 1.58. The van der Waals surface area contributed by atoms with Crippen LogP contribution in [0.15, 0.2) is 41.8 Å². The molecule has 1 amide bonds. The van der Waals surface area contributed by atoms with Crippen LogP contribution in [0.5, 0.6) is 0 Å². The van der Waals surface area contributed by atoms with E-state index in [1.165, 1.54) is 12.1 Å². The Morgan fingerprint density at radius 3 is 2.92 bits per heavy atom. The van der Waals surface area contributed by atoms with Gasteiger partial charge in [0.1, 0.15) is 11.5 Å². The van der Waals surface area contributed by atoms with E-state index in [2.05, 4.69) is 5.32 Å². The summed E-state index contributed by atoms with van der Waals surface area (Å²) in [6.07, 6.45) is 2.16. The van der Waals surface area contributed by atoms with E-state index in [0.717, 1.165) is 35.2 Å². The third-order valence-corrected chi connectivity index (χ3v) is 5.38. The second kappa shape index (κ2) is 6.98. The molecule has 1 aromatic carbocycles. The number of ether oxygens (including phenoxy) is 1. The Labute approximate surface area is 149 Å². The normalized spacial score (nSPS) is 17.2. The highest BCUT2D eigenvalue weighted by Gasteiger charge is 2.20. The fourth-order valence-electron chi connectivity index (χ4n) is 3.21. The number of rotatable bonds is 5. The molecule has 0 aliphatic carbocycles. The molecular weight excluding hydrogens is 339 g/mol. The third kappa shape index (κ3) is 3.45. The minimum absolute atomic E-state index is 0.0963. The zero-order chi connectivity index (χ0) is 17.2. The number of benzene rings is 1. The number of nitrogens with zero attached hydrogens (tertiary/aromatic N) is 1. The molecule has 1 saturated heterocycles. The van der Waals surface area contributed by atoms with E-state index in [1.807, 2.05) is 22.1 Å². The first-order valence-electron chi connectivity index (χ1n) is 8.42. The van der Waals surface area contributed by atoms with E-state index in [-0.39, 0.29) is 17.8 Å². The average Bonchev–Trinajstić information content (AvgIpc) is 3.33. The van der Waals surface area contributed by atoms with Crippen LogP contribution in [0.4, 0.5) is 4.39 Å². The molecule has 0 bridgehead atoms. The second-order valence-electron chi connectivity index (χ2n) is 6.26. The van der Waals surface area contributed by atoms with Gasteiger partial charge in [0.05, 0.1) is 16.3 Å².